The molecule has 1 saturated heterocycles. The number of aromatic nitrogens is 1. The molecule has 2 heterocycles. The van der Waals surface area contributed by atoms with Gasteiger partial charge in [-0.05, 0) is 37.9 Å². The number of hydrogen-bond acceptors (Lipinski definition) is 1. The molecule has 2 heteroatoms. The first-order chi connectivity index (χ1) is 5.38. The lowest BCUT2D eigenvalue weighted by atomic mass is 10.1. The Hall–Kier alpha value is -0.760. The van der Waals surface area contributed by atoms with Gasteiger partial charge in [0, 0.05) is 17.9 Å². The SMILES string of the molecule is Cc1cc[nH]c1C1CCCN1. The van der Waals surface area contributed by atoms with E-state index in [4.69, 9.17) is 0 Å². The number of nitrogens with one attached hydrogen (secondary N) is 2. The number of aromatic amines is 1. The average Bonchev–Trinajstić information content (AvgIpc) is 2.55. The Morgan fingerprint density at radius 2 is 2.45 bits per heavy atom. The number of H-pyrrole nitrogens is 1. The molecule has 2 rings (SSSR count). The second-order valence-corrected chi connectivity index (χ2v) is 3.22. The highest BCUT2D eigenvalue weighted by atomic mass is 15.0. The number of aryl methyl sites for hydroxylation is 1. The highest BCUT2D eigenvalue weighted by Gasteiger charge is 2.17. The molecule has 1 atom stereocenters. The predicted molar refractivity (Wildman–Crippen MR) is 45.5 cm³/mol. The third kappa shape index (κ3) is 1.18. The Labute approximate surface area is 67.0 Å². The molecule has 1 fully saturated rings. The fraction of sp³-hybridized carbons (Fsp3) is 0.556. The number of hydrogen-bond donors (Lipinski definition) is 2. The lowest BCUT2D eigenvalue weighted by molar-refractivity contribution is 0.628. The van der Waals surface area contributed by atoms with Crippen LogP contribution in [0, 0.1) is 6.92 Å². The van der Waals surface area contributed by atoms with Gasteiger partial charge in [-0.1, -0.05) is 0 Å². The van der Waals surface area contributed by atoms with Gasteiger partial charge in [-0.15, -0.1) is 0 Å². The van der Waals surface area contributed by atoms with Gasteiger partial charge >= 0.3 is 0 Å². The van der Waals surface area contributed by atoms with Gasteiger partial charge < -0.3 is 10.3 Å². The van der Waals surface area contributed by atoms with Crippen LogP contribution < -0.4 is 5.32 Å². The summed E-state index contributed by atoms with van der Waals surface area (Å²) in [5.41, 5.74) is 2.76. The molecular formula is C9H14N2. The molecule has 0 radical (unpaired) electrons. The van der Waals surface area contributed by atoms with E-state index in [0.717, 1.165) is 0 Å². The van der Waals surface area contributed by atoms with E-state index in [9.17, 15) is 0 Å². The van der Waals surface area contributed by atoms with Gasteiger partial charge in [0.1, 0.15) is 0 Å². The van der Waals surface area contributed by atoms with Gasteiger partial charge in [-0.3, -0.25) is 0 Å². The van der Waals surface area contributed by atoms with Crippen molar-refractivity contribution >= 4 is 0 Å². The monoisotopic (exact) mass is 150 g/mol. The van der Waals surface area contributed by atoms with Crippen LogP contribution in [0.15, 0.2) is 12.3 Å². The fourth-order valence-electron chi connectivity index (χ4n) is 1.77. The van der Waals surface area contributed by atoms with E-state index in [1.165, 1.54) is 30.6 Å². The summed E-state index contributed by atoms with van der Waals surface area (Å²) < 4.78 is 0. The Kier molecular flexibility index (Phi) is 1.70. The van der Waals surface area contributed by atoms with Gasteiger partial charge in [0.15, 0.2) is 0 Å². The van der Waals surface area contributed by atoms with Crippen molar-refractivity contribution in [1.82, 2.24) is 10.3 Å². The zero-order chi connectivity index (χ0) is 7.68. The molecule has 0 saturated carbocycles. The van der Waals surface area contributed by atoms with Crippen LogP contribution in [0.5, 0.6) is 0 Å². The van der Waals surface area contributed by atoms with Crippen LogP contribution in [0.1, 0.15) is 30.1 Å². The van der Waals surface area contributed by atoms with E-state index in [1.54, 1.807) is 0 Å². The van der Waals surface area contributed by atoms with Crippen LogP contribution in [-0.2, 0) is 0 Å². The summed E-state index contributed by atoms with van der Waals surface area (Å²) in [5, 5.41) is 3.47. The van der Waals surface area contributed by atoms with Crippen molar-refractivity contribution in [3.8, 4) is 0 Å². The molecule has 1 aliphatic rings. The van der Waals surface area contributed by atoms with Crippen molar-refractivity contribution in [3.63, 3.8) is 0 Å². The third-order valence-electron chi connectivity index (χ3n) is 2.41. The normalized spacial score (nSPS) is 24.3. The molecule has 0 aliphatic carbocycles. The first-order valence-electron chi connectivity index (χ1n) is 4.25. The summed E-state index contributed by atoms with van der Waals surface area (Å²) in [7, 11) is 0. The smallest absolute Gasteiger partial charge is 0.0476 e. The topological polar surface area (TPSA) is 27.8 Å². The zero-order valence-electron chi connectivity index (χ0n) is 6.85. The molecule has 0 amide bonds. The first-order valence-corrected chi connectivity index (χ1v) is 4.25. The molecule has 1 aromatic heterocycles. The maximum Gasteiger partial charge on any atom is 0.0476 e. The average molecular weight is 150 g/mol. The van der Waals surface area contributed by atoms with E-state index < -0.39 is 0 Å². The van der Waals surface area contributed by atoms with Crippen LogP contribution in [-0.4, -0.2) is 11.5 Å². The van der Waals surface area contributed by atoms with Gasteiger partial charge in [0.2, 0.25) is 0 Å². The maximum atomic E-state index is 3.47. The van der Waals surface area contributed by atoms with Crippen molar-refractivity contribution in [2.45, 2.75) is 25.8 Å². The molecule has 0 spiro atoms. The highest BCUT2D eigenvalue weighted by molar-refractivity contribution is 5.22. The number of rotatable bonds is 1. The van der Waals surface area contributed by atoms with E-state index >= 15 is 0 Å². The van der Waals surface area contributed by atoms with Gasteiger partial charge in [-0.2, -0.15) is 0 Å². The zero-order valence-corrected chi connectivity index (χ0v) is 6.85. The minimum absolute atomic E-state index is 0.588. The predicted octanol–water partition coefficient (Wildman–Crippen LogP) is 1.75. The standard InChI is InChI=1S/C9H14N2/c1-7-4-6-11-9(7)8-3-2-5-10-8/h4,6,8,10-11H,2-3,5H2,1H3. The second kappa shape index (κ2) is 2.70. The fourth-order valence-corrected chi connectivity index (χ4v) is 1.77. The molecule has 60 valence electrons. The van der Waals surface area contributed by atoms with E-state index in [-0.39, 0.29) is 0 Å². The van der Waals surface area contributed by atoms with Crippen LogP contribution >= 0.6 is 0 Å². The molecule has 0 bridgehead atoms. The molecule has 2 N–H and O–H groups in total. The summed E-state index contributed by atoms with van der Waals surface area (Å²) in [6, 6.07) is 2.72. The molecule has 2 nitrogen and oxygen atoms in total. The lowest BCUT2D eigenvalue weighted by Gasteiger charge is -2.08. The van der Waals surface area contributed by atoms with E-state index in [0.29, 0.717) is 6.04 Å². The molecule has 11 heavy (non-hydrogen) atoms. The summed E-state index contributed by atoms with van der Waals surface area (Å²) in [6.07, 6.45) is 4.61. The highest BCUT2D eigenvalue weighted by Crippen LogP contribution is 2.23. The Bertz CT molecular complexity index is 233. The van der Waals surface area contributed by atoms with Crippen LogP contribution in [0.3, 0.4) is 0 Å². The van der Waals surface area contributed by atoms with Crippen molar-refractivity contribution in [1.29, 1.82) is 0 Å². The molecular weight excluding hydrogens is 136 g/mol. The molecule has 1 aliphatic heterocycles. The van der Waals surface area contributed by atoms with Gasteiger partial charge in [-0.25, -0.2) is 0 Å². The molecule has 1 aromatic rings. The van der Waals surface area contributed by atoms with Crippen molar-refractivity contribution in [2.24, 2.45) is 0 Å². The minimum Gasteiger partial charge on any atom is -0.363 e. The van der Waals surface area contributed by atoms with Gasteiger partial charge in [0.25, 0.3) is 0 Å². The molecule has 1 unspecified atom stereocenters. The Balaban J connectivity index is 2.21. The quantitative estimate of drug-likeness (QED) is 0.627. The lowest BCUT2D eigenvalue weighted by Crippen LogP contribution is -2.13. The van der Waals surface area contributed by atoms with E-state index in [2.05, 4.69) is 23.3 Å². The summed E-state index contributed by atoms with van der Waals surface area (Å²) >= 11 is 0. The van der Waals surface area contributed by atoms with Crippen LogP contribution in [0.4, 0.5) is 0 Å². The van der Waals surface area contributed by atoms with Crippen molar-refractivity contribution in [2.75, 3.05) is 6.54 Å². The second-order valence-electron chi connectivity index (χ2n) is 3.22. The van der Waals surface area contributed by atoms with Crippen molar-refractivity contribution < 1.29 is 0 Å². The minimum atomic E-state index is 0.588. The maximum absolute atomic E-state index is 3.47. The van der Waals surface area contributed by atoms with Crippen LogP contribution in [0.25, 0.3) is 0 Å². The Morgan fingerprint density at radius 3 is 3.00 bits per heavy atom. The third-order valence-corrected chi connectivity index (χ3v) is 2.41. The first kappa shape index (κ1) is 6.92. The van der Waals surface area contributed by atoms with Crippen molar-refractivity contribution in [3.05, 3.63) is 23.5 Å². The Morgan fingerprint density at radius 1 is 1.55 bits per heavy atom. The largest absolute Gasteiger partial charge is 0.363 e. The van der Waals surface area contributed by atoms with E-state index in [1.807, 2.05) is 6.20 Å². The summed E-state index contributed by atoms with van der Waals surface area (Å²) in [4.78, 5) is 3.28. The summed E-state index contributed by atoms with van der Waals surface area (Å²) in [5.74, 6) is 0. The van der Waals surface area contributed by atoms with Crippen LogP contribution in [0.2, 0.25) is 0 Å². The van der Waals surface area contributed by atoms with Gasteiger partial charge in [0.05, 0.1) is 0 Å². The summed E-state index contributed by atoms with van der Waals surface area (Å²) in [6.45, 7) is 3.33. The molecule has 0 aromatic carbocycles.